The molecule has 2 aromatic rings. The molecule has 0 aliphatic carbocycles. The van der Waals surface area contributed by atoms with Crippen molar-refractivity contribution in [1.29, 1.82) is 0 Å². The number of hydrogen-bond acceptors (Lipinski definition) is 1. The number of rotatable bonds is 5. The quantitative estimate of drug-likeness (QED) is 0.798. The number of aryl methyl sites for hydroxylation is 1. The number of benzene rings is 2. The molecule has 1 atom stereocenters. The molecule has 0 bridgehead atoms. The van der Waals surface area contributed by atoms with E-state index < -0.39 is 10.8 Å². The molecule has 0 saturated carbocycles. The van der Waals surface area contributed by atoms with Crippen LogP contribution < -0.4 is 0 Å². The highest BCUT2D eigenvalue weighted by Crippen LogP contribution is 2.04. The molecule has 18 heavy (non-hydrogen) atoms. The summed E-state index contributed by atoms with van der Waals surface area (Å²) in [5, 5.41) is 1.78. The summed E-state index contributed by atoms with van der Waals surface area (Å²) in [5.74, 6) is 0.674. The lowest BCUT2D eigenvalue weighted by Gasteiger charge is -1.98. The Bertz CT molecular complexity index is 517. The molecule has 1 nitrogen and oxygen atoms in total. The Morgan fingerprint density at radius 1 is 0.889 bits per heavy atom. The van der Waals surface area contributed by atoms with E-state index in [1.54, 1.807) is 5.41 Å². The third-order valence-corrected chi connectivity index (χ3v) is 3.69. The van der Waals surface area contributed by atoms with Gasteiger partial charge < -0.3 is 0 Å². The van der Waals surface area contributed by atoms with Crippen LogP contribution in [0.15, 0.2) is 66.1 Å². The summed E-state index contributed by atoms with van der Waals surface area (Å²) in [6.45, 7) is 0. The minimum absolute atomic E-state index is 0.674. The van der Waals surface area contributed by atoms with Crippen LogP contribution in [0.3, 0.4) is 0 Å². The van der Waals surface area contributed by atoms with E-state index in [9.17, 15) is 4.21 Å². The van der Waals surface area contributed by atoms with E-state index in [1.807, 2.05) is 54.6 Å². The first-order valence-corrected chi connectivity index (χ1v) is 7.37. The second-order valence-corrected chi connectivity index (χ2v) is 5.48. The minimum atomic E-state index is -0.902. The van der Waals surface area contributed by atoms with Gasteiger partial charge in [-0.2, -0.15) is 0 Å². The molecule has 2 rings (SSSR count). The van der Waals surface area contributed by atoms with E-state index in [-0.39, 0.29) is 0 Å². The fourth-order valence-electron chi connectivity index (χ4n) is 1.65. The molecule has 1 unspecified atom stereocenters. The monoisotopic (exact) mass is 256 g/mol. The van der Waals surface area contributed by atoms with Crippen LogP contribution in [0.1, 0.15) is 11.1 Å². The Kier molecular flexibility index (Phi) is 4.91. The summed E-state index contributed by atoms with van der Waals surface area (Å²) in [6, 6.07) is 20.1. The smallest absolute Gasteiger partial charge is 0.0459 e. The van der Waals surface area contributed by atoms with E-state index in [2.05, 4.69) is 12.1 Å². The largest absolute Gasteiger partial charge is 0.255 e. The molecule has 0 N–H and O–H groups in total. The molecule has 0 amide bonds. The van der Waals surface area contributed by atoms with E-state index in [0.29, 0.717) is 5.75 Å². The molecule has 0 radical (unpaired) electrons. The lowest BCUT2D eigenvalue weighted by atomic mass is 10.2. The summed E-state index contributed by atoms with van der Waals surface area (Å²) >= 11 is 0. The summed E-state index contributed by atoms with van der Waals surface area (Å²) in [6.07, 6.45) is 2.77. The molecule has 0 fully saturated rings. The predicted octanol–water partition coefficient (Wildman–Crippen LogP) is 3.65. The Morgan fingerprint density at radius 3 is 2.17 bits per heavy atom. The van der Waals surface area contributed by atoms with Crippen LogP contribution >= 0.6 is 0 Å². The average molecular weight is 256 g/mol. The van der Waals surface area contributed by atoms with Crippen molar-refractivity contribution < 1.29 is 4.21 Å². The topological polar surface area (TPSA) is 17.1 Å². The molecule has 0 saturated heterocycles. The van der Waals surface area contributed by atoms with Crippen molar-refractivity contribution in [2.24, 2.45) is 0 Å². The van der Waals surface area contributed by atoms with Crippen molar-refractivity contribution in [3.8, 4) is 0 Å². The Hall–Kier alpha value is -1.67. The molecule has 2 heteroatoms. The molecule has 0 aliphatic rings. The van der Waals surface area contributed by atoms with E-state index in [0.717, 1.165) is 12.0 Å². The molecule has 2 aromatic carbocycles. The Balaban J connectivity index is 1.84. The van der Waals surface area contributed by atoms with Crippen molar-refractivity contribution in [3.63, 3.8) is 0 Å². The second-order valence-electron chi connectivity index (χ2n) is 4.03. The number of hydrogen-bond donors (Lipinski definition) is 0. The fraction of sp³-hybridized carbons (Fsp3) is 0.125. The maximum absolute atomic E-state index is 11.8. The molecule has 0 heterocycles. The zero-order valence-corrected chi connectivity index (χ0v) is 11.0. The molecular weight excluding hydrogens is 240 g/mol. The first kappa shape index (κ1) is 12.8. The van der Waals surface area contributed by atoms with Gasteiger partial charge in [0.15, 0.2) is 0 Å². The van der Waals surface area contributed by atoms with Gasteiger partial charge in [-0.1, -0.05) is 60.7 Å². The molecule has 0 spiro atoms. The maximum atomic E-state index is 11.8. The van der Waals surface area contributed by atoms with Gasteiger partial charge in [-0.15, -0.1) is 0 Å². The highest BCUT2D eigenvalue weighted by molar-refractivity contribution is 7.88. The van der Waals surface area contributed by atoms with Crippen LogP contribution in [-0.2, 0) is 17.2 Å². The molecule has 92 valence electrons. The van der Waals surface area contributed by atoms with Gasteiger partial charge in [-0.3, -0.25) is 4.21 Å². The molecule has 0 aliphatic heterocycles. The van der Waals surface area contributed by atoms with Gasteiger partial charge in [0.2, 0.25) is 0 Å². The van der Waals surface area contributed by atoms with Gasteiger partial charge in [0.25, 0.3) is 0 Å². The van der Waals surface area contributed by atoms with Crippen molar-refractivity contribution in [2.45, 2.75) is 6.42 Å². The Morgan fingerprint density at radius 2 is 1.50 bits per heavy atom. The van der Waals surface area contributed by atoms with Crippen LogP contribution in [0.4, 0.5) is 0 Å². The van der Waals surface area contributed by atoms with Gasteiger partial charge in [-0.05, 0) is 23.6 Å². The standard InChI is InChI=1S/C16H16OS/c17-18(13-11-15-7-3-1-4-8-15)14-12-16-9-5-2-6-10-16/h1-11,13H,12,14H2/b13-11+. The van der Waals surface area contributed by atoms with E-state index >= 15 is 0 Å². The van der Waals surface area contributed by atoms with Gasteiger partial charge in [0.05, 0.1) is 0 Å². The van der Waals surface area contributed by atoms with Crippen molar-refractivity contribution in [2.75, 3.05) is 5.75 Å². The first-order valence-electron chi connectivity index (χ1n) is 5.99. The van der Waals surface area contributed by atoms with Gasteiger partial charge in [0.1, 0.15) is 0 Å². The van der Waals surface area contributed by atoms with Crippen molar-refractivity contribution in [1.82, 2.24) is 0 Å². The normalized spacial score (nSPS) is 12.7. The highest BCUT2D eigenvalue weighted by Gasteiger charge is 1.96. The first-order chi connectivity index (χ1) is 8.84. The van der Waals surface area contributed by atoms with Crippen molar-refractivity contribution in [3.05, 3.63) is 77.2 Å². The summed E-state index contributed by atoms with van der Waals surface area (Å²) in [7, 11) is -0.902. The van der Waals surface area contributed by atoms with Crippen LogP contribution in [0.2, 0.25) is 0 Å². The summed E-state index contributed by atoms with van der Waals surface area (Å²) < 4.78 is 11.8. The second kappa shape index (κ2) is 6.92. The summed E-state index contributed by atoms with van der Waals surface area (Å²) in [4.78, 5) is 0. The Labute approximate surface area is 111 Å². The fourth-order valence-corrected chi connectivity index (χ4v) is 2.53. The summed E-state index contributed by atoms with van der Waals surface area (Å²) in [5.41, 5.74) is 2.32. The van der Waals surface area contributed by atoms with Crippen LogP contribution in [0.25, 0.3) is 6.08 Å². The molecule has 0 aromatic heterocycles. The lowest BCUT2D eigenvalue weighted by Crippen LogP contribution is -1.97. The zero-order valence-electron chi connectivity index (χ0n) is 10.2. The van der Waals surface area contributed by atoms with E-state index in [4.69, 9.17) is 0 Å². The average Bonchev–Trinajstić information content (AvgIpc) is 2.45. The van der Waals surface area contributed by atoms with Gasteiger partial charge in [-0.25, -0.2) is 0 Å². The SMILES string of the molecule is O=S(/C=C/c1ccccc1)CCc1ccccc1. The molecular formula is C16H16OS. The third-order valence-electron chi connectivity index (χ3n) is 2.65. The lowest BCUT2D eigenvalue weighted by molar-refractivity contribution is 0.687. The minimum Gasteiger partial charge on any atom is -0.255 e. The predicted molar refractivity (Wildman–Crippen MR) is 78.6 cm³/mol. The van der Waals surface area contributed by atoms with Gasteiger partial charge >= 0.3 is 0 Å². The van der Waals surface area contributed by atoms with Crippen LogP contribution in [0.5, 0.6) is 0 Å². The maximum Gasteiger partial charge on any atom is 0.0459 e. The van der Waals surface area contributed by atoms with Crippen LogP contribution in [-0.4, -0.2) is 9.96 Å². The highest BCUT2D eigenvalue weighted by atomic mass is 32.2. The van der Waals surface area contributed by atoms with E-state index in [1.165, 1.54) is 5.56 Å². The van der Waals surface area contributed by atoms with Crippen molar-refractivity contribution >= 4 is 16.9 Å². The van der Waals surface area contributed by atoms with Gasteiger partial charge in [0, 0.05) is 22.0 Å². The zero-order chi connectivity index (χ0) is 12.6. The van der Waals surface area contributed by atoms with Crippen LogP contribution in [0, 0.1) is 0 Å². The third kappa shape index (κ3) is 4.30.